The Morgan fingerprint density at radius 2 is 0.961 bits per heavy atom. The number of pyridine rings is 2. The number of piperazine rings is 2. The molecule has 0 aliphatic carbocycles. The summed E-state index contributed by atoms with van der Waals surface area (Å²) in [6.45, 7) is 16.3. The number of rotatable bonds is 26. The first-order chi connectivity index (χ1) is 37.5. The molecular weight excluding hydrogens is 985 g/mol. The van der Waals surface area contributed by atoms with Crippen LogP contribution in [-0.2, 0) is 9.47 Å². The van der Waals surface area contributed by atoms with E-state index in [4.69, 9.17) is 28.9 Å². The summed E-state index contributed by atoms with van der Waals surface area (Å²) in [6.07, 6.45) is 9.61. The number of ether oxygens (including phenoxy) is 4. The molecule has 0 N–H and O–H groups in total. The maximum Gasteiger partial charge on any atom is 0.509 e. The van der Waals surface area contributed by atoms with Crippen molar-refractivity contribution in [3.8, 4) is 11.5 Å². The number of carbonyl (C=O) groups excluding carboxylic acids is 1. The maximum atomic E-state index is 13.9. The van der Waals surface area contributed by atoms with E-state index in [2.05, 4.69) is 117 Å². The topological polar surface area (TPSA) is 92.7 Å². The third-order valence-corrected chi connectivity index (χ3v) is 17.1. The van der Waals surface area contributed by atoms with Gasteiger partial charge in [-0.15, -0.1) is 22.7 Å². The molecular formula is C63H76N6O5S2. The Hall–Kier alpha value is -5.99. The van der Waals surface area contributed by atoms with Gasteiger partial charge in [0.25, 0.3) is 0 Å². The molecule has 11 nitrogen and oxygen atoms in total. The molecule has 0 amide bonds. The largest absolute Gasteiger partial charge is 0.509 e. The molecule has 2 aliphatic heterocycles. The van der Waals surface area contributed by atoms with Gasteiger partial charge in [-0.1, -0.05) is 63.8 Å². The SMILES string of the molecule is CCCCCC(OC(=O)OC(CCCCC)c1ccc2ccc(OCCCCN3CCN(c4cccc5sccc45)CC3)cc2n1)c1ccc2ccc(OCCCCN3CCN(c4cccc5sccc45)CC3)cc2n1. The van der Waals surface area contributed by atoms with E-state index in [1.807, 2.05) is 59.1 Å². The molecule has 4 aromatic heterocycles. The summed E-state index contributed by atoms with van der Waals surface area (Å²) in [5, 5.41) is 9.15. The third-order valence-electron chi connectivity index (χ3n) is 15.3. The van der Waals surface area contributed by atoms with Crippen molar-refractivity contribution in [1.29, 1.82) is 0 Å². The minimum Gasteiger partial charge on any atom is -0.494 e. The van der Waals surface area contributed by atoms with Crippen molar-refractivity contribution in [2.75, 3.05) is 88.5 Å². The molecule has 13 heteroatoms. The van der Waals surface area contributed by atoms with E-state index in [9.17, 15) is 4.79 Å². The number of aromatic nitrogens is 2. The Bertz CT molecular complexity index is 2900. The van der Waals surface area contributed by atoms with Crippen molar-refractivity contribution >= 4 is 82.2 Å². The van der Waals surface area contributed by atoms with Crippen LogP contribution >= 0.6 is 22.7 Å². The molecule has 6 heterocycles. The number of hydrogen-bond acceptors (Lipinski definition) is 13. The van der Waals surface area contributed by atoms with Gasteiger partial charge in [-0.2, -0.15) is 0 Å². The summed E-state index contributed by atoms with van der Waals surface area (Å²) in [5.74, 6) is 1.60. The first kappa shape index (κ1) is 53.4. The molecule has 8 aromatic rings. The number of fused-ring (bicyclic) bond motifs is 4. The lowest BCUT2D eigenvalue weighted by molar-refractivity contribution is -0.0106. The predicted molar refractivity (Wildman–Crippen MR) is 315 cm³/mol. The Kier molecular flexibility index (Phi) is 18.9. The Balaban J connectivity index is 0.700. The van der Waals surface area contributed by atoms with Gasteiger partial charge in [-0.05, 0) is 148 Å². The van der Waals surface area contributed by atoms with Crippen molar-refractivity contribution in [2.45, 2.75) is 103 Å². The highest BCUT2D eigenvalue weighted by Gasteiger charge is 2.26. The average Bonchev–Trinajstić information content (AvgIpc) is 4.16. The van der Waals surface area contributed by atoms with Gasteiger partial charge in [0.1, 0.15) is 23.7 Å². The fourth-order valence-corrected chi connectivity index (χ4v) is 12.5. The summed E-state index contributed by atoms with van der Waals surface area (Å²) in [7, 11) is 0. The lowest BCUT2D eigenvalue weighted by atomic mass is 10.1. The molecule has 2 aliphatic rings. The number of hydrogen-bond donors (Lipinski definition) is 0. The van der Waals surface area contributed by atoms with Crippen molar-refractivity contribution in [3.63, 3.8) is 0 Å². The zero-order chi connectivity index (χ0) is 51.9. The summed E-state index contributed by atoms with van der Waals surface area (Å²) >= 11 is 3.63. The van der Waals surface area contributed by atoms with Gasteiger partial charge in [0.2, 0.25) is 0 Å². The fourth-order valence-electron chi connectivity index (χ4n) is 10.9. The standard InChI is InChI=1S/C63H76N6O5S2/c1-3-5-7-17-59(53-27-23-47-21-25-49(45-55(47)64-53)71-41-11-9-31-66-33-37-68(38-34-66)57-15-13-19-61-51(57)29-43-75-61)73-63(70)74-60(18-8-6-4-2)54-28-24-48-22-26-50(46-56(48)65-54)72-42-12-10-32-67-35-39-69(40-36-67)58-16-14-20-62-52(58)30-44-76-62/h13-16,19-30,43-46,59-60H,3-12,17-18,31-42H2,1-2H3. The monoisotopic (exact) mass is 1060 g/mol. The lowest BCUT2D eigenvalue weighted by Gasteiger charge is -2.36. The Morgan fingerprint density at radius 3 is 1.41 bits per heavy atom. The van der Waals surface area contributed by atoms with E-state index in [-0.39, 0.29) is 0 Å². The minimum absolute atomic E-state index is 0.553. The van der Waals surface area contributed by atoms with Gasteiger partial charge < -0.3 is 28.7 Å². The number of benzene rings is 4. The zero-order valence-corrected chi connectivity index (χ0v) is 46.3. The van der Waals surface area contributed by atoms with Crippen molar-refractivity contribution < 1.29 is 23.7 Å². The second-order valence-corrected chi connectivity index (χ2v) is 22.5. The number of thiophene rings is 2. The van der Waals surface area contributed by atoms with E-state index >= 15 is 0 Å². The van der Waals surface area contributed by atoms with Crippen LogP contribution in [0.5, 0.6) is 11.5 Å². The third kappa shape index (κ3) is 13.9. The zero-order valence-electron chi connectivity index (χ0n) is 44.7. The quantitative estimate of drug-likeness (QED) is 0.0383. The summed E-state index contributed by atoms with van der Waals surface area (Å²) in [5.41, 5.74) is 5.79. The van der Waals surface area contributed by atoms with Gasteiger partial charge in [0.15, 0.2) is 0 Å². The van der Waals surface area contributed by atoms with Gasteiger partial charge in [0.05, 0.1) is 35.6 Å². The molecule has 10 rings (SSSR count). The van der Waals surface area contributed by atoms with E-state index in [0.717, 1.165) is 163 Å². The second kappa shape index (κ2) is 26.9. The van der Waals surface area contributed by atoms with Gasteiger partial charge >= 0.3 is 6.16 Å². The van der Waals surface area contributed by atoms with Crippen LogP contribution in [0.4, 0.5) is 16.2 Å². The van der Waals surface area contributed by atoms with Crippen molar-refractivity contribution in [2.24, 2.45) is 0 Å². The van der Waals surface area contributed by atoms with E-state index in [0.29, 0.717) is 37.4 Å². The van der Waals surface area contributed by atoms with Crippen LogP contribution in [0.15, 0.2) is 120 Å². The molecule has 0 spiro atoms. The number of carbonyl (C=O) groups is 1. The van der Waals surface area contributed by atoms with Crippen molar-refractivity contribution in [1.82, 2.24) is 19.8 Å². The smallest absolute Gasteiger partial charge is 0.494 e. The van der Waals surface area contributed by atoms with Crippen LogP contribution in [0.25, 0.3) is 42.0 Å². The highest BCUT2D eigenvalue weighted by atomic mass is 32.1. The van der Waals surface area contributed by atoms with Gasteiger partial charge in [0, 0.05) is 107 Å². The normalized spacial score (nSPS) is 15.4. The van der Waals surface area contributed by atoms with Crippen LogP contribution in [0.3, 0.4) is 0 Å². The van der Waals surface area contributed by atoms with Crippen molar-refractivity contribution in [3.05, 3.63) is 131 Å². The van der Waals surface area contributed by atoms with Gasteiger partial charge in [-0.3, -0.25) is 9.80 Å². The molecule has 400 valence electrons. The van der Waals surface area contributed by atoms with Crippen LogP contribution in [-0.4, -0.2) is 105 Å². The molecule has 2 unspecified atom stereocenters. The first-order valence-corrected chi connectivity index (χ1v) is 30.0. The molecule has 0 radical (unpaired) electrons. The predicted octanol–water partition coefficient (Wildman–Crippen LogP) is 15.3. The lowest BCUT2D eigenvalue weighted by Crippen LogP contribution is -2.46. The van der Waals surface area contributed by atoms with Crippen LogP contribution in [0, 0.1) is 0 Å². The van der Waals surface area contributed by atoms with E-state index in [1.54, 1.807) is 0 Å². The van der Waals surface area contributed by atoms with E-state index < -0.39 is 18.4 Å². The Labute approximate surface area is 457 Å². The number of unbranched alkanes of at least 4 members (excludes halogenated alkanes) is 6. The highest BCUT2D eigenvalue weighted by molar-refractivity contribution is 7.17. The molecule has 0 saturated carbocycles. The maximum absolute atomic E-state index is 13.9. The summed E-state index contributed by atoms with van der Waals surface area (Å²) in [6, 6.07) is 38.1. The summed E-state index contributed by atoms with van der Waals surface area (Å²) in [4.78, 5) is 34.3. The molecule has 0 bridgehead atoms. The van der Waals surface area contributed by atoms with Crippen LogP contribution in [0.2, 0.25) is 0 Å². The molecule has 76 heavy (non-hydrogen) atoms. The molecule has 2 fully saturated rings. The first-order valence-electron chi connectivity index (χ1n) is 28.3. The summed E-state index contributed by atoms with van der Waals surface area (Å²) < 4.78 is 27.8. The molecule has 4 aromatic carbocycles. The second-order valence-electron chi connectivity index (χ2n) is 20.6. The van der Waals surface area contributed by atoms with Crippen LogP contribution < -0.4 is 19.3 Å². The molecule has 2 saturated heterocycles. The number of nitrogens with zero attached hydrogens (tertiary/aromatic N) is 6. The Morgan fingerprint density at radius 1 is 0.513 bits per heavy atom. The highest BCUT2D eigenvalue weighted by Crippen LogP contribution is 2.34. The molecule has 2 atom stereocenters. The van der Waals surface area contributed by atoms with Crippen LogP contribution in [0.1, 0.15) is 114 Å². The number of anilines is 2. The van der Waals surface area contributed by atoms with Gasteiger partial charge in [-0.25, -0.2) is 14.8 Å². The fraction of sp³-hybridized carbons (Fsp3) is 0.444. The average molecular weight is 1060 g/mol. The minimum atomic E-state index is -0.698. The van der Waals surface area contributed by atoms with E-state index in [1.165, 1.54) is 31.5 Å².